The summed E-state index contributed by atoms with van der Waals surface area (Å²) in [5, 5.41) is 249. The molecule has 11 aliphatic rings. The molecule has 0 aromatic rings. The van der Waals surface area contributed by atoms with Crippen molar-refractivity contribution in [3.63, 3.8) is 0 Å². The lowest BCUT2D eigenvalue weighted by Gasteiger charge is -2.64. The third-order valence-corrected chi connectivity index (χ3v) is 23.4. The molecule has 23 N–H and O–H groups in total. The zero-order valence-corrected chi connectivity index (χ0v) is 54.8. The molecular weight excluding hydrogens is 1350 g/mol. The Morgan fingerprint density at radius 3 is 1.22 bits per heavy atom. The summed E-state index contributed by atoms with van der Waals surface area (Å²) in [5.74, 6) is -1.58. The molecule has 0 aromatic heterocycles. The van der Waals surface area contributed by atoms with Gasteiger partial charge in [-0.05, 0) is 86.5 Å². The molecule has 7 saturated heterocycles. The highest BCUT2D eigenvalue weighted by Crippen LogP contribution is 2.74. The minimum atomic E-state index is -2.13. The van der Waals surface area contributed by atoms with Crippen molar-refractivity contribution in [3.05, 3.63) is 12.2 Å². The molecule has 576 valence electrons. The first-order valence-corrected chi connectivity index (χ1v) is 33.9. The predicted octanol–water partition coefficient (Wildman–Crippen LogP) is -11.6. The van der Waals surface area contributed by atoms with Crippen LogP contribution in [0.5, 0.6) is 0 Å². The van der Waals surface area contributed by atoms with E-state index in [0.717, 1.165) is 0 Å². The van der Waals surface area contributed by atoms with Gasteiger partial charge in [0.2, 0.25) is 6.29 Å². The van der Waals surface area contributed by atoms with Gasteiger partial charge in [-0.3, -0.25) is 4.79 Å². The van der Waals surface area contributed by atoms with Crippen molar-refractivity contribution in [2.45, 2.75) is 292 Å². The predicted molar refractivity (Wildman–Crippen MR) is 317 cm³/mol. The van der Waals surface area contributed by atoms with Gasteiger partial charge in [0.05, 0.1) is 57.3 Å². The number of carbonyl (C=O) groups excluding carboxylic acids is 1. The maximum atomic E-state index is 15.5. The minimum Gasteiger partial charge on any atom is -0.432 e. The molecule has 2 bridgehead atoms. The maximum absolute atomic E-state index is 15.5. The number of fused-ring (bicyclic) bond motifs is 3. The molecule has 11 rings (SSSR count). The Labute approximate surface area is 571 Å². The fourth-order valence-electron chi connectivity index (χ4n) is 17.9. The largest absolute Gasteiger partial charge is 0.432 e. The van der Waals surface area contributed by atoms with Crippen LogP contribution in [-0.4, -0.2) is 390 Å². The van der Waals surface area contributed by atoms with Crippen LogP contribution in [0.1, 0.15) is 71.6 Å². The van der Waals surface area contributed by atoms with E-state index in [4.69, 9.17) is 66.3 Å². The number of rotatable bonds is 21. The van der Waals surface area contributed by atoms with E-state index in [1.807, 2.05) is 0 Å². The topological polar surface area (TPSA) is 612 Å². The second-order valence-corrected chi connectivity index (χ2v) is 29.2. The Hall–Kier alpha value is -2.23. The molecule has 38 nitrogen and oxygen atoms in total. The molecule has 0 aromatic carbocycles. The quantitative estimate of drug-likeness (QED) is 0.0288. The van der Waals surface area contributed by atoms with Crippen molar-refractivity contribution in [3.8, 4) is 0 Å². The fraction of sp³-hybridized carbons (Fsp3) is 0.952. The number of ether oxygens (including phenoxy) is 14. The van der Waals surface area contributed by atoms with Gasteiger partial charge < -0.3 is 184 Å². The van der Waals surface area contributed by atoms with Gasteiger partial charge in [-0.2, -0.15) is 0 Å². The molecule has 0 unspecified atom stereocenters. The van der Waals surface area contributed by atoms with Gasteiger partial charge in [-0.1, -0.05) is 19.9 Å². The summed E-state index contributed by atoms with van der Waals surface area (Å²) in [6.45, 7) is 1.79. The van der Waals surface area contributed by atoms with Gasteiger partial charge in [-0.25, -0.2) is 0 Å². The molecule has 100 heavy (non-hydrogen) atoms. The van der Waals surface area contributed by atoms with Crippen LogP contribution in [0.3, 0.4) is 0 Å². The van der Waals surface area contributed by atoms with Crippen molar-refractivity contribution in [1.82, 2.24) is 0 Å². The Bertz CT molecular complexity index is 2720. The van der Waals surface area contributed by atoms with Crippen LogP contribution in [0.15, 0.2) is 12.2 Å². The van der Waals surface area contributed by atoms with Crippen LogP contribution < -0.4 is 0 Å². The average Bonchev–Trinajstić information content (AvgIpc) is 1.44. The van der Waals surface area contributed by atoms with Gasteiger partial charge in [-0.15, -0.1) is 0 Å². The first-order chi connectivity index (χ1) is 47.3. The normalized spacial score (nSPS) is 54.5. The molecule has 1 spiro atoms. The summed E-state index contributed by atoms with van der Waals surface area (Å²) < 4.78 is 85.1. The highest BCUT2D eigenvalue weighted by Gasteiger charge is 2.70. The molecule has 4 saturated carbocycles. The van der Waals surface area contributed by atoms with Gasteiger partial charge >= 0.3 is 5.97 Å². The third-order valence-electron chi connectivity index (χ3n) is 23.4. The number of esters is 1. The van der Waals surface area contributed by atoms with Crippen LogP contribution in [0.4, 0.5) is 0 Å². The first kappa shape index (κ1) is 78.8. The van der Waals surface area contributed by atoms with Gasteiger partial charge in [0.1, 0.15) is 165 Å². The molecule has 38 heteroatoms. The molecule has 4 aliphatic carbocycles. The lowest BCUT2D eigenvalue weighted by molar-refractivity contribution is -0.408. The van der Waals surface area contributed by atoms with Crippen molar-refractivity contribution in [2.24, 2.45) is 28.1 Å². The number of aliphatic hydroxyl groups is 23. The number of aliphatic hydroxyl groups excluding tert-OH is 23. The van der Waals surface area contributed by atoms with E-state index in [1.165, 1.54) is 0 Å². The van der Waals surface area contributed by atoms with E-state index in [9.17, 15) is 117 Å². The molecule has 7 aliphatic heterocycles. The smallest absolute Gasteiger partial charge is 0.314 e. The second kappa shape index (κ2) is 31.2. The monoisotopic (exact) mass is 1450 g/mol. The van der Waals surface area contributed by atoms with Gasteiger partial charge in [0.25, 0.3) is 0 Å². The van der Waals surface area contributed by atoms with E-state index >= 15 is 4.79 Å². The van der Waals surface area contributed by atoms with Crippen LogP contribution in [0.2, 0.25) is 0 Å². The Kier molecular flexibility index (Phi) is 24.6. The SMILES string of the molecule is C=C1C[C@@]23CC[C@H]4[C@@](C)(CCC[C@@]4(C)C(=O)O[C@@H]4O[C@H](CO)[C@@H](O)[C@H](O[C@@H]5O[C@H](CO)[C@@H](O)[C@H](O)[C@H]5O)[C@H]4O[C@@H]4O[C@H](CO)[C@@H](O)[C@H](O)[C@H]4O)[C@@H]2CC[C@]1(O[C@@H]1O[C@H](CO)[C@@H](O[C@@H]2O[C@H](CO)[C@@H](O)[C@H](O)[C@H]2O)[C@H](O)[C@H]1O[C@@H]1O[C@H](CO)[C@@H](O)[C@H](O)[C@H]1O[C@@H]1O[C@H](CO)[C@@H](O)[C@H](O)[C@H]1O)C3. The highest BCUT2D eigenvalue weighted by atomic mass is 16.8. The molecular formula is C62H100O38. The summed E-state index contributed by atoms with van der Waals surface area (Å²) in [4.78, 5) is 15.5. The number of hydrogen-bond acceptors (Lipinski definition) is 38. The zero-order valence-electron chi connectivity index (χ0n) is 54.8. The van der Waals surface area contributed by atoms with E-state index in [0.29, 0.717) is 44.1 Å². The lowest BCUT2D eigenvalue weighted by atomic mass is 9.41. The van der Waals surface area contributed by atoms with Gasteiger partial charge in [0, 0.05) is 0 Å². The van der Waals surface area contributed by atoms with Crippen LogP contribution in [-0.2, 0) is 71.1 Å². The van der Waals surface area contributed by atoms with Crippen LogP contribution in [0.25, 0.3) is 0 Å². The van der Waals surface area contributed by atoms with E-state index < -0.39 is 295 Å². The summed E-state index contributed by atoms with van der Waals surface area (Å²) in [6, 6.07) is 0. The average molecular weight is 1450 g/mol. The summed E-state index contributed by atoms with van der Waals surface area (Å²) in [6.07, 6.45) is -63.8. The minimum absolute atomic E-state index is 0.173. The summed E-state index contributed by atoms with van der Waals surface area (Å²) in [5.41, 5.74) is -3.57. The van der Waals surface area contributed by atoms with E-state index in [1.54, 1.807) is 6.92 Å². The van der Waals surface area contributed by atoms with Crippen LogP contribution >= 0.6 is 0 Å². The molecule has 0 radical (unpaired) electrons. The molecule has 11 fully saturated rings. The lowest BCUT2D eigenvalue weighted by Crippen LogP contribution is -2.68. The summed E-state index contributed by atoms with van der Waals surface area (Å²) >= 11 is 0. The van der Waals surface area contributed by atoms with E-state index in [2.05, 4.69) is 13.5 Å². The Balaban J connectivity index is 0.873. The third kappa shape index (κ3) is 14.0. The number of hydrogen-bond donors (Lipinski definition) is 23. The van der Waals surface area contributed by atoms with E-state index in [-0.39, 0.29) is 25.2 Å². The molecule has 0 amide bonds. The van der Waals surface area contributed by atoms with Crippen molar-refractivity contribution in [2.75, 3.05) is 46.2 Å². The van der Waals surface area contributed by atoms with Crippen molar-refractivity contribution < 1.29 is 189 Å². The first-order valence-electron chi connectivity index (χ1n) is 33.9. The molecule has 41 atom stereocenters. The maximum Gasteiger partial charge on any atom is 0.314 e. The van der Waals surface area contributed by atoms with Crippen LogP contribution in [0, 0.1) is 28.1 Å². The van der Waals surface area contributed by atoms with Gasteiger partial charge in [0.15, 0.2) is 43.8 Å². The number of carbonyl (C=O) groups is 1. The molecule has 7 heterocycles. The fourth-order valence-corrected chi connectivity index (χ4v) is 17.9. The summed E-state index contributed by atoms with van der Waals surface area (Å²) in [7, 11) is 0. The second-order valence-electron chi connectivity index (χ2n) is 29.2. The standard InChI is InChI=1S/C62H100O38/c1-20-11-61-9-5-28-59(2,7-4-8-60(28,3)58(86)99-56-50(98-54-44(84)39(79)33(73)24(15-66)90-54)47(35(75)26(17-68)92-56)95-52-42(82)37(77)31(71)22(13-64)88-52)29(61)6-10-62(20,19-61)100-57-49(45(85)46(27(18-69)93-57)94-51-41(81)36(76)30(70)21(12-63)87-51)97-55-48(40(80)34(74)25(16-67)91-55)96-53-43(83)38(78)32(72)23(14-65)89-53/h21-57,63-85H,1,4-19H2,2-3H3/t21-,22-,23-,24-,25-,26-,27-,28+,29+,30-,31-,32-,33-,34-,35-,36+,37+,38+,39+,40+,41-,42-,43-,44-,45+,46-,47+,48-,49-,50-,51+,52+,53+,54+,55+,56+,57+,59-,60-,61-,62+/m1/s1. The Morgan fingerprint density at radius 2 is 0.750 bits per heavy atom. The van der Waals surface area contributed by atoms with Crippen molar-refractivity contribution >= 4 is 5.97 Å². The zero-order chi connectivity index (χ0) is 72.7. The Morgan fingerprint density at radius 1 is 0.380 bits per heavy atom. The van der Waals surface area contributed by atoms with Crippen molar-refractivity contribution in [1.29, 1.82) is 0 Å². The highest BCUT2D eigenvalue weighted by molar-refractivity contribution is 5.77.